The lowest BCUT2D eigenvalue weighted by atomic mass is 10.1. The molecule has 5 N–H and O–H groups in total. The standard InChI is InChI=1S/C16H23NO7/c18-9-12-14(21)15(22)16(24-12)23-8-7-17-13(20)6-3-10-1-4-11(19)5-2-10/h1-2,4-5,12,14-16,18-19,21-22H,3,6-9H2,(H,17,20). The zero-order valence-corrected chi connectivity index (χ0v) is 13.2. The molecule has 0 aliphatic carbocycles. The van der Waals surface area contributed by atoms with E-state index in [-0.39, 0.29) is 24.8 Å². The van der Waals surface area contributed by atoms with Crippen LogP contribution in [0.2, 0.25) is 0 Å². The van der Waals surface area contributed by atoms with E-state index < -0.39 is 31.2 Å². The Hall–Kier alpha value is -1.71. The highest BCUT2D eigenvalue weighted by Gasteiger charge is 2.42. The van der Waals surface area contributed by atoms with Crippen molar-refractivity contribution in [1.29, 1.82) is 0 Å². The van der Waals surface area contributed by atoms with E-state index >= 15 is 0 Å². The fourth-order valence-corrected chi connectivity index (χ4v) is 2.38. The molecule has 1 aliphatic rings. The predicted molar refractivity (Wildman–Crippen MR) is 83.1 cm³/mol. The Balaban J connectivity index is 1.60. The Bertz CT molecular complexity index is 522. The van der Waals surface area contributed by atoms with E-state index in [1.807, 2.05) is 0 Å². The van der Waals surface area contributed by atoms with Gasteiger partial charge in [-0.3, -0.25) is 4.79 Å². The van der Waals surface area contributed by atoms with Gasteiger partial charge in [0.05, 0.1) is 13.2 Å². The van der Waals surface area contributed by atoms with Crippen molar-refractivity contribution in [2.75, 3.05) is 19.8 Å². The predicted octanol–water partition coefficient (Wildman–Crippen LogP) is -1.10. The molecule has 1 saturated heterocycles. The molecule has 8 nitrogen and oxygen atoms in total. The molecular weight excluding hydrogens is 318 g/mol. The van der Waals surface area contributed by atoms with E-state index in [2.05, 4.69) is 5.32 Å². The van der Waals surface area contributed by atoms with E-state index in [9.17, 15) is 20.1 Å². The fraction of sp³-hybridized carbons (Fsp3) is 0.562. The summed E-state index contributed by atoms with van der Waals surface area (Å²) >= 11 is 0. The maximum Gasteiger partial charge on any atom is 0.220 e. The molecule has 24 heavy (non-hydrogen) atoms. The number of aliphatic hydroxyl groups excluding tert-OH is 3. The van der Waals surface area contributed by atoms with Gasteiger partial charge < -0.3 is 35.2 Å². The minimum absolute atomic E-state index is 0.109. The number of benzene rings is 1. The SMILES string of the molecule is O=C(CCc1ccc(O)cc1)NCCOC1OC(CO)C(O)C1O. The number of amides is 1. The number of phenolic OH excluding ortho intramolecular Hbond substituents is 1. The van der Waals surface area contributed by atoms with Gasteiger partial charge in [-0.25, -0.2) is 0 Å². The zero-order chi connectivity index (χ0) is 17.5. The van der Waals surface area contributed by atoms with Crippen LogP contribution in [0.3, 0.4) is 0 Å². The van der Waals surface area contributed by atoms with Crippen LogP contribution in [0.15, 0.2) is 24.3 Å². The highest BCUT2D eigenvalue weighted by Crippen LogP contribution is 2.21. The zero-order valence-electron chi connectivity index (χ0n) is 13.2. The summed E-state index contributed by atoms with van der Waals surface area (Å²) in [5.41, 5.74) is 0.950. The first-order valence-corrected chi connectivity index (χ1v) is 7.80. The number of aryl methyl sites for hydroxylation is 1. The first kappa shape index (κ1) is 18.6. The lowest BCUT2D eigenvalue weighted by Crippen LogP contribution is -2.36. The summed E-state index contributed by atoms with van der Waals surface area (Å²) < 4.78 is 10.4. The van der Waals surface area contributed by atoms with Crippen LogP contribution in [-0.2, 0) is 20.7 Å². The molecule has 1 fully saturated rings. The summed E-state index contributed by atoms with van der Waals surface area (Å²) in [6.45, 7) is -0.0650. The minimum atomic E-state index is -1.23. The van der Waals surface area contributed by atoms with Gasteiger partial charge in [0, 0.05) is 13.0 Å². The summed E-state index contributed by atoms with van der Waals surface area (Å²) in [4.78, 5) is 11.7. The van der Waals surface area contributed by atoms with Gasteiger partial charge in [0.1, 0.15) is 24.1 Å². The average molecular weight is 341 g/mol. The minimum Gasteiger partial charge on any atom is -0.508 e. The third kappa shape index (κ3) is 5.15. The molecule has 1 aliphatic heterocycles. The molecule has 1 aromatic rings. The molecule has 4 unspecified atom stereocenters. The molecule has 2 rings (SSSR count). The molecule has 0 aromatic heterocycles. The second kappa shape index (κ2) is 8.95. The fourth-order valence-electron chi connectivity index (χ4n) is 2.38. The van der Waals surface area contributed by atoms with Crippen LogP contribution in [0.25, 0.3) is 0 Å². The lowest BCUT2D eigenvalue weighted by Gasteiger charge is -2.15. The van der Waals surface area contributed by atoms with Crippen molar-refractivity contribution in [3.05, 3.63) is 29.8 Å². The molecule has 1 amide bonds. The first-order chi connectivity index (χ1) is 11.5. The second-order valence-corrected chi connectivity index (χ2v) is 5.59. The van der Waals surface area contributed by atoms with E-state index in [1.165, 1.54) is 0 Å². The molecule has 4 atom stereocenters. The Kier molecular flexibility index (Phi) is 6.95. The Morgan fingerprint density at radius 1 is 1.21 bits per heavy atom. The van der Waals surface area contributed by atoms with Gasteiger partial charge >= 0.3 is 0 Å². The molecule has 8 heteroatoms. The van der Waals surface area contributed by atoms with Gasteiger partial charge in [0.25, 0.3) is 0 Å². The number of hydrogen-bond acceptors (Lipinski definition) is 7. The maximum absolute atomic E-state index is 11.7. The van der Waals surface area contributed by atoms with E-state index in [4.69, 9.17) is 14.6 Å². The van der Waals surface area contributed by atoms with Gasteiger partial charge in [0.2, 0.25) is 5.91 Å². The van der Waals surface area contributed by atoms with Crippen LogP contribution in [0.5, 0.6) is 5.75 Å². The van der Waals surface area contributed by atoms with Crippen LogP contribution in [0, 0.1) is 0 Å². The summed E-state index contributed by atoms with van der Waals surface area (Å²) in [7, 11) is 0. The number of rotatable bonds is 8. The highest BCUT2D eigenvalue weighted by atomic mass is 16.7. The molecule has 0 radical (unpaired) electrons. The first-order valence-electron chi connectivity index (χ1n) is 7.80. The Morgan fingerprint density at radius 3 is 2.54 bits per heavy atom. The van der Waals surface area contributed by atoms with E-state index in [0.29, 0.717) is 12.8 Å². The van der Waals surface area contributed by atoms with Crippen molar-refractivity contribution in [2.24, 2.45) is 0 Å². The number of hydrogen-bond donors (Lipinski definition) is 5. The number of nitrogens with one attached hydrogen (secondary N) is 1. The number of phenols is 1. The van der Waals surface area contributed by atoms with Crippen LogP contribution in [0.1, 0.15) is 12.0 Å². The van der Waals surface area contributed by atoms with Crippen molar-refractivity contribution in [3.63, 3.8) is 0 Å². The van der Waals surface area contributed by atoms with Crippen LogP contribution in [0.4, 0.5) is 0 Å². The monoisotopic (exact) mass is 341 g/mol. The third-order valence-electron chi connectivity index (χ3n) is 3.78. The highest BCUT2D eigenvalue weighted by molar-refractivity contribution is 5.76. The van der Waals surface area contributed by atoms with Gasteiger partial charge in [-0.15, -0.1) is 0 Å². The van der Waals surface area contributed by atoms with Crippen LogP contribution < -0.4 is 5.32 Å². The molecule has 134 valence electrons. The van der Waals surface area contributed by atoms with Crippen LogP contribution >= 0.6 is 0 Å². The number of ether oxygens (including phenoxy) is 2. The molecule has 0 saturated carbocycles. The Morgan fingerprint density at radius 2 is 1.92 bits per heavy atom. The van der Waals surface area contributed by atoms with Crippen LogP contribution in [-0.4, -0.2) is 70.7 Å². The third-order valence-corrected chi connectivity index (χ3v) is 3.78. The molecule has 1 heterocycles. The smallest absolute Gasteiger partial charge is 0.220 e. The normalized spacial score (nSPS) is 26.5. The second-order valence-electron chi connectivity index (χ2n) is 5.59. The van der Waals surface area contributed by atoms with Crippen molar-refractivity contribution < 1.29 is 34.7 Å². The number of carbonyl (C=O) groups is 1. The van der Waals surface area contributed by atoms with Crippen molar-refractivity contribution >= 4 is 5.91 Å². The largest absolute Gasteiger partial charge is 0.508 e. The van der Waals surface area contributed by atoms with Gasteiger partial charge in [-0.05, 0) is 24.1 Å². The molecule has 0 bridgehead atoms. The molecule has 0 spiro atoms. The Labute approximate surface area is 139 Å². The topological polar surface area (TPSA) is 128 Å². The van der Waals surface area contributed by atoms with Gasteiger partial charge in [-0.2, -0.15) is 0 Å². The van der Waals surface area contributed by atoms with E-state index in [0.717, 1.165) is 5.56 Å². The number of aliphatic hydroxyl groups is 3. The molecular formula is C16H23NO7. The maximum atomic E-state index is 11.7. The van der Waals surface area contributed by atoms with Gasteiger partial charge in [-0.1, -0.05) is 12.1 Å². The lowest BCUT2D eigenvalue weighted by molar-refractivity contribution is -0.168. The summed E-state index contributed by atoms with van der Waals surface area (Å²) in [6.07, 6.45) is -3.45. The summed E-state index contributed by atoms with van der Waals surface area (Å²) in [5, 5.41) is 40.1. The summed E-state index contributed by atoms with van der Waals surface area (Å²) in [5.74, 6) is 0.0399. The van der Waals surface area contributed by atoms with Gasteiger partial charge in [0.15, 0.2) is 6.29 Å². The summed E-state index contributed by atoms with van der Waals surface area (Å²) in [6, 6.07) is 6.66. The number of carbonyl (C=O) groups excluding carboxylic acids is 1. The quantitative estimate of drug-likeness (QED) is 0.380. The molecule has 1 aromatic carbocycles. The average Bonchev–Trinajstić information content (AvgIpc) is 2.86. The van der Waals surface area contributed by atoms with Crippen molar-refractivity contribution in [3.8, 4) is 5.75 Å². The van der Waals surface area contributed by atoms with Crippen molar-refractivity contribution in [1.82, 2.24) is 5.32 Å². The van der Waals surface area contributed by atoms with Crippen molar-refractivity contribution in [2.45, 2.75) is 37.4 Å². The van der Waals surface area contributed by atoms with E-state index in [1.54, 1.807) is 24.3 Å². The number of aromatic hydroxyl groups is 1.